The van der Waals surface area contributed by atoms with Crippen molar-refractivity contribution in [3.05, 3.63) is 63.1 Å². The van der Waals surface area contributed by atoms with Gasteiger partial charge in [-0.3, -0.25) is 14.4 Å². The zero-order valence-corrected chi connectivity index (χ0v) is 15.5. The van der Waals surface area contributed by atoms with Crippen molar-refractivity contribution in [2.45, 2.75) is 0 Å². The van der Waals surface area contributed by atoms with Crippen LogP contribution in [0.4, 0.5) is 5.69 Å². The summed E-state index contributed by atoms with van der Waals surface area (Å²) in [5.74, 6) is -1.82. The van der Waals surface area contributed by atoms with Crippen LogP contribution in [0.3, 0.4) is 0 Å². The zero-order chi connectivity index (χ0) is 19.1. The van der Waals surface area contributed by atoms with Gasteiger partial charge >= 0.3 is 5.97 Å². The molecule has 2 rings (SSSR count). The van der Waals surface area contributed by atoms with Crippen molar-refractivity contribution in [1.29, 1.82) is 0 Å². The first-order valence-corrected chi connectivity index (χ1v) is 8.43. The van der Waals surface area contributed by atoms with Crippen LogP contribution in [-0.2, 0) is 14.3 Å². The molecule has 6 nitrogen and oxygen atoms in total. The van der Waals surface area contributed by atoms with Crippen LogP contribution >= 0.6 is 34.8 Å². The molecule has 136 valence electrons. The fraction of sp³-hybridized carbons (Fsp3) is 0.118. The molecule has 2 aromatic rings. The molecule has 0 spiro atoms. The SMILES string of the molecule is O=C(COC(=O)CNC(=O)c1ccc(Cl)cc1)Nc1cccc(Cl)c1Cl. The van der Waals surface area contributed by atoms with Crippen LogP contribution < -0.4 is 10.6 Å². The molecule has 2 N–H and O–H groups in total. The maximum Gasteiger partial charge on any atom is 0.325 e. The first-order valence-electron chi connectivity index (χ1n) is 7.30. The molecule has 0 radical (unpaired) electrons. The molecule has 9 heteroatoms. The number of hydrogen-bond donors (Lipinski definition) is 2. The van der Waals surface area contributed by atoms with Gasteiger partial charge in [-0.2, -0.15) is 0 Å². The van der Waals surface area contributed by atoms with Crippen LogP contribution in [0.5, 0.6) is 0 Å². The lowest BCUT2D eigenvalue weighted by Crippen LogP contribution is -2.32. The summed E-state index contributed by atoms with van der Waals surface area (Å²) < 4.78 is 4.79. The minimum atomic E-state index is -0.764. The zero-order valence-electron chi connectivity index (χ0n) is 13.2. The summed E-state index contributed by atoms with van der Waals surface area (Å²) >= 11 is 17.5. The van der Waals surface area contributed by atoms with Gasteiger partial charge in [0, 0.05) is 10.6 Å². The molecule has 0 atom stereocenters. The third-order valence-electron chi connectivity index (χ3n) is 3.09. The van der Waals surface area contributed by atoms with Crippen LogP contribution in [0.2, 0.25) is 15.1 Å². The monoisotopic (exact) mass is 414 g/mol. The van der Waals surface area contributed by atoms with Crippen molar-refractivity contribution in [3.63, 3.8) is 0 Å². The molecule has 2 aromatic carbocycles. The quantitative estimate of drug-likeness (QED) is 0.707. The Bertz CT molecular complexity index is 825. The highest BCUT2D eigenvalue weighted by molar-refractivity contribution is 6.44. The molecule has 26 heavy (non-hydrogen) atoms. The van der Waals surface area contributed by atoms with E-state index in [1.807, 2.05) is 0 Å². The highest BCUT2D eigenvalue weighted by Crippen LogP contribution is 2.29. The van der Waals surface area contributed by atoms with E-state index in [1.54, 1.807) is 30.3 Å². The molecule has 0 aliphatic heterocycles. The number of ether oxygens (including phenoxy) is 1. The van der Waals surface area contributed by atoms with E-state index in [1.165, 1.54) is 12.1 Å². The second kappa shape index (κ2) is 9.43. The number of esters is 1. The molecule has 0 fully saturated rings. The number of hydrogen-bond acceptors (Lipinski definition) is 4. The van der Waals surface area contributed by atoms with Crippen molar-refractivity contribution in [3.8, 4) is 0 Å². The molecule has 0 aliphatic rings. The van der Waals surface area contributed by atoms with Crippen molar-refractivity contribution in [2.75, 3.05) is 18.5 Å². The normalized spacial score (nSPS) is 10.1. The molecule has 0 saturated carbocycles. The van der Waals surface area contributed by atoms with Crippen LogP contribution in [0.25, 0.3) is 0 Å². The van der Waals surface area contributed by atoms with E-state index < -0.39 is 24.4 Å². The van der Waals surface area contributed by atoms with Crippen molar-refractivity contribution in [1.82, 2.24) is 5.32 Å². The topological polar surface area (TPSA) is 84.5 Å². The standard InChI is InChI=1S/C17H13Cl3N2O4/c18-11-6-4-10(5-7-11)17(25)21-8-15(24)26-9-14(23)22-13-3-1-2-12(19)16(13)20/h1-7H,8-9H2,(H,21,25)(H,22,23). The number of benzene rings is 2. The first-order chi connectivity index (χ1) is 12.4. The van der Waals surface area contributed by atoms with Gasteiger partial charge in [-0.15, -0.1) is 0 Å². The molecule has 0 saturated heterocycles. The van der Waals surface area contributed by atoms with E-state index in [0.29, 0.717) is 16.3 Å². The highest BCUT2D eigenvalue weighted by atomic mass is 35.5. The van der Waals surface area contributed by atoms with E-state index in [2.05, 4.69) is 10.6 Å². The summed E-state index contributed by atoms with van der Waals surface area (Å²) in [6, 6.07) is 10.9. The van der Waals surface area contributed by atoms with Gasteiger partial charge < -0.3 is 15.4 Å². The number of nitrogens with one attached hydrogen (secondary N) is 2. The summed E-state index contributed by atoms with van der Waals surface area (Å²) in [5.41, 5.74) is 0.645. The van der Waals surface area contributed by atoms with E-state index in [9.17, 15) is 14.4 Å². The third kappa shape index (κ3) is 5.91. The molecule has 0 unspecified atom stereocenters. The Morgan fingerprint density at radius 1 is 0.962 bits per heavy atom. The average Bonchev–Trinajstić information content (AvgIpc) is 2.62. The van der Waals surface area contributed by atoms with Crippen molar-refractivity contribution >= 4 is 58.3 Å². The van der Waals surface area contributed by atoms with Gasteiger partial charge in [-0.1, -0.05) is 40.9 Å². The number of anilines is 1. The lowest BCUT2D eigenvalue weighted by molar-refractivity contribution is -0.146. The van der Waals surface area contributed by atoms with Gasteiger partial charge in [0.2, 0.25) is 0 Å². The maximum absolute atomic E-state index is 11.8. The minimum Gasteiger partial charge on any atom is -0.454 e. The van der Waals surface area contributed by atoms with E-state index in [0.717, 1.165) is 0 Å². The van der Waals surface area contributed by atoms with Crippen LogP contribution in [0.1, 0.15) is 10.4 Å². The lowest BCUT2D eigenvalue weighted by atomic mass is 10.2. The molecule has 0 aromatic heterocycles. The van der Waals surface area contributed by atoms with Gasteiger partial charge in [0.25, 0.3) is 11.8 Å². The highest BCUT2D eigenvalue weighted by Gasteiger charge is 2.12. The minimum absolute atomic E-state index is 0.184. The van der Waals surface area contributed by atoms with Gasteiger partial charge in [0.05, 0.1) is 15.7 Å². The van der Waals surface area contributed by atoms with Gasteiger partial charge in [0.15, 0.2) is 6.61 Å². The fourth-order valence-electron chi connectivity index (χ4n) is 1.84. The van der Waals surface area contributed by atoms with Crippen LogP contribution in [0.15, 0.2) is 42.5 Å². The number of halogens is 3. The summed E-state index contributed by atoms with van der Waals surface area (Å²) in [5, 5.41) is 5.81. The summed E-state index contributed by atoms with van der Waals surface area (Å²) in [7, 11) is 0. The first kappa shape index (κ1) is 20.0. The largest absolute Gasteiger partial charge is 0.454 e. The molecule has 0 aliphatic carbocycles. The van der Waals surface area contributed by atoms with Crippen molar-refractivity contribution in [2.24, 2.45) is 0 Å². The predicted octanol–water partition coefficient (Wildman–Crippen LogP) is 3.56. The molecule has 0 heterocycles. The van der Waals surface area contributed by atoms with Gasteiger partial charge in [-0.25, -0.2) is 0 Å². The summed E-state index contributed by atoms with van der Waals surface area (Å²) in [6.07, 6.45) is 0. The Hall–Kier alpha value is -2.28. The average molecular weight is 416 g/mol. The Morgan fingerprint density at radius 3 is 2.35 bits per heavy atom. The Balaban J connectivity index is 1.76. The van der Waals surface area contributed by atoms with Crippen molar-refractivity contribution < 1.29 is 19.1 Å². The summed E-state index contributed by atoms with van der Waals surface area (Å²) in [6.45, 7) is -0.912. The van der Waals surface area contributed by atoms with Crippen LogP contribution in [0, 0.1) is 0 Å². The van der Waals surface area contributed by atoms with E-state index in [4.69, 9.17) is 39.5 Å². The van der Waals surface area contributed by atoms with Crippen LogP contribution in [-0.4, -0.2) is 30.9 Å². The molecular formula is C17H13Cl3N2O4. The van der Waals surface area contributed by atoms with E-state index in [-0.39, 0.29) is 16.6 Å². The lowest BCUT2D eigenvalue weighted by Gasteiger charge is -2.09. The maximum atomic E-state index is 11.8. The Morgan fingerprint density at radius 2 is 1.65 bits per heavy atom. The number of carbonyl (C=O) groups is 3. The molecule has 0 bridgehead atoms. The molecular weight excluding hydrogens is 403 g/mol. The fourth-order valence-corrected chi connectivity index (χ4v) is 2.31. The Kier molecular flexibility index (Phi) is 7.26. The third-order valence-corrected chi connectivity index (χ3v) is 4.16. The molecule has 2 amide bonds. The smallest absolute Gasteiger partial charge is 0.325 e. The van der Waals surface area contributed by atoms with Gasteiger partial charge in [0.1, 0.15) is 6.54 Å². The van der Waals surface area contributed by atoms with E-state index >= 15 is 0 Å². The number of rotatable bonds is 6. The summed E-state index contributed by atoms with van der Waals surface area (Å²) in [4.78, 5) is 35.2. The van der Waals surface area contributed by atoms with Gasteiger partial charge in [-0.05, 0) is 36.4 Å². The number of amides is 2. The number of carbonyl (C=O) groups excluding carboxylic acids is 3. The second-order valence-electron chi connectivity index (χ2n) is 5.00. The predicted molar refractivity (Wildman–Crippen MR) is 99.8 cm³/mol. The Labute approximate surface area is 164 Å². The second-order valence-corrected chi connectivity index (χ2v) is 6.22.